The lowest BCUT2D eigenvalue weighted by atomic mass is 9.88. The monoisotopic (exact) mass is 235 g/mol. The molecule has 0 aliphatic carbocycles. The van der Waals surface area contributed by atoms with Gasteiger partial charge in [-0.3, -0.25) is 0 Å². The van der Waals surface area contributed by atoms with E-state index in [2.05, 4.69) is 37.6 Å². The van der Waals surface area contributed by atoms with E-state index in [9.17, 15) is 0 Å². The van der Waals surface area contributed by atoms with Gasteiger partial charge in [0.15, 0.2) is 0 Å². The van der Waals surface area contributed by atoms with Crippen molar-refractivity contribution in [1.29, 1.82) is 0 Å². The molecule has 0 amide bonds. The number of nitrogens with one attached hydrogen (secondary N) is 1. The van der Waals surface area contributed by atoms with Crippen LogP contribution >= 0.6 is 11.8 Å². The van der Waals surface area contributed by atoms with Gasteiger partial charge in [-0.05, 0) is 74.7 Å². The van der Waals surface area contributed by atoms with Crippen LogP contribution in [0.5, 0.6) is 0 Å². The Morgan fingerprint density at radius 2 is 1.75 bits per heavy atom. The molecule has 1 nitrogen and oxygen atoms in total. The average Bonchev–Trinajstić information content (AvgIpc) is 2.33. The first-order valence-corrected chi connectivity index (χ1v) is 7.30. The topological polar surface area (TPSA) is 12.0 Å². The minimum atomic E-state index is 0.767. The summed E-state index contributed by atoms with van der Waals surface area (Å²) in [7, 11) is 0. The maximum atomic E-state index is 3.44. The summed E-state index contributed by atoms with van der Waals surface area (Å²) in [5, 5.41) is 3.44. The van der Waals surface area contributed by atoms with Gasteiger partial charge in [-0.15, -0.1) is 11.8 Å². The van der Waals surface area contributed by atoms with Gasteiger partial charge in [0.25, 0.3) is 0 Å². The molecule has 1 aliphatic rings. The molecule has 0 bridgehead atoms. The van der Waals surface area contributed by atoms with Crippen molar-refractivity contribution in [2.75, 3.05) is 19.3 Å². The molecule has 1 fully saturated rings. The number of rotatable bonds is 2. The molecular weight excluding hydrogens is 214 g/mol. The van der Waals surface area contributed by atoms with Crippen molar-refractivity contribution in [2.24, 2.45) is 0 Å². The molecule has 2 rings (SSSR count). The van der Waals surface area contributed by atoms with E-state index < -0.39 is 0 Å². The minimum Gasteiger partial charge on any atom is -0.317 e. The molecule has 1 aromatic rings. The fraction of sp³-hybridized carbons (Fsp3) is 0.571. The molecule has 0 atom stereocenters. The largest absolute Gasteiger partial charge is 0.317 e. The van der Waals surface area contributed by atoms with E-state index in [1.54, 1.807) is 5.56 Å². The second-order valence-corrected chi connectivity index (χ2v) is 5.55. The molecule has 1 N–H and O–H groups in total. The first-order chi connectivity index (χ1) is 7.72. The van der Waals surface area contributed by atoms with Gasteiger partial charge in [-0.2, -0.15) is 0 Å². The van der Waals surface area contributed by atoms with Crippen LogP contribution in [0.3, 0.4) is 0 Å². The molecular formula is C14H21NS. The summed E-state index contributed by atoms with van der Waals surface area (Å²) in [5.41, 5.74) is 4.44. The van der Waals surface area contributed by atoms with E-state index in [4.69, 9.17) is 0 Å². The van der Waals surface area contributed by atoms with E-state index in [-0.39, 0.29) is 0 Å². The highest BCUT2D eigenvalue weighted by Crippen LogP contribution is 2.34. The Hall–Kier alpha value is -0.470. The van der Waals surface area contributed by atoms with Crippen molar-refractivity contribution in [3.8, 4) is 0 Å². The third kappa shape index (κ3) is 2.44. The van der Waals surface area contributed by atoms with E-state index in [0.717, 1.165) is 5.92 Å². The molecule has 1 saturated heterocycles. The second-order valence-electron chi connectivity index (χ2n) is 4.70. The average molecular weight is 235 g/mol. The number of thioether (sulfide) groups is 1. The smallest absolute Gasteiger partial charge is 0.0107 e. The van der Waals surface area contributed by atoms with Crippen LogP contribution in [-0.2, 0) is 0 Å². The van der Waals surface area contributed by atoms with Gasteiger partial charge in [0, 0.05) is 4.90 Å². The molecule has 1 aromatic carbocycles. The van der Waals surface area contributed by atoms with Gasteiger partial charge in [-0.1, -0.05) is 6.07 Å². The normalized spacial score (nSPS) is 17.7. The number of hydrogen-bond donors (Lipinski definition) is 1. The Balaban J connectivity index is 2.33. The summed E-state index contributed by atoms with van der Waals surface area (Å²) >= 11 is 1.89. The van der Waals surface area contributed by atoms with Gasteiger partial charge in [-0.25, -0.2) is 0 Å². The van der Waals surface area contributed by atoms with Crippen molar-refractivity contribution < 1.29 is 0 Å². The first kappa shape index (κ1) is 12.0. The molecule has 88 valence electrons. The van der Waals surface area contributed by atoms with Crippen molar-refractivity contribution in [3.05, 3.63) is 28.8 Å². The summed E-state index contributed by atoms with van der Waals surface area (Å²) in [6, 6.07) is 4.77. The van der Waals surface area contributed by atoms with Gasteiger partial charge in [0.05, 0.1) is 0 Å². The molecule has 0 spiro atoms. The summed E-state index contributed by atoms with van der Waals surface area (Å²) in [6.45, 7) is 6.78. The molecule has 16 heavy (non-hydrogen) atoms. The Bertz CT molecular complexity index is 367. The van der Waals surface area contributed by atoms with Gasteiger partial charge in [0.1, 0.15) is 0 Å². The highest BCUT2D eigenvalue weighted by atomic mass is 32.2. The lowest BCUT2D eigenvalue weighted by molar-refractivity contribution is 0.456. The Kier molecular flexibility index (Phi) is 3.93. The molecule has 1 heterocycles. The SMILES string of the molecule is CSc1cc(C)c(C)cc1C1CCNCC1. The maximum Gasteiger partial charge on any atom is 0.0107 e. The van der Waals surface area contributed by atoms with E-state index in [1.165, 1.54) is 42.0 Å². The number of hydrogen-bond acceptors (Lipinski definition) is 2. The predicted molar refractivity (Wildman–Crippen MR) is 72.5 cm³/mol. The zero-order valence-corrected chi connectivity index (χ0v) is 11.3. The van der Waals surface area contributed by atoms with Crippen molar-refractivity contribution >= 4 is 11.8 Å². The van der Waals surface area contributed by atoms with E-state index >= 15 is 0 Å². The summed E-state index contributed by atoms with van der Waals surface area (Å²) in [4.78, 5) is 1.48. The predicted octanol–water partition coefficient (Wildman–Crippen LogP) is 3.49. The van der Waals surface area contributed by atoms with Crippen LogP contribution in [-0.4, -0.2) is 19.3 Å². The van der Waals surface area contributed by atoms with Crippen LogP contribution in [0.1, 0.15) is 35.4 Å². The summed E-state index contributed by atoms with van der Waals surface area (Å²) in [5.74, 6) is 0.767. The molecule has 0 aromatic heterocycles. The Labute approximate surface area is 103 Å². The van der Waals surface area contributed by atoms with Crippen LogP contribution in [0, 0.1) is 13.8 Å². The van der Waals surface area contributed by atoms with Gasteiger partial charge < -0.3 is 5.32 Å². The standard InChI is InChI=1S/C14H21NS/c1-10-8-13(12-4-6-15-7-5-12)14(16-3)9-11(10)2/h8-9,12,15H,4-7H2,1-3H3. The summed E-state index contributed by atoms with van der Waals surface area (Å²) < 4.78 is 0. The Morgan fingerprint density at radius 1 is 1.12 bits per heavy atom. The molecule has 1 aliphatic heterocycles. The summed E-state index contributed by atoms with van der Waals surface area (Å²) in [6.07, 6.45) is 4.76. The number of benzene rings is 1. The van der Waals surface area contributed by atoms with Crippen LogP contribution < -0.4 is 5.32 Å². The van der Waals surface area contributed by atoms with Crippen LogP contribution in [0.25, 0.3) is 0 Å². The van der Waals surface area contributed by atoms with E-state index in [0.29, 0.717) is 0 Å². The molecule has 0 unspecified atom stereocenters. The van der Waals surface area contributed by atoms with E-state index in [1.807, 2.05) is 11.8 Å². The zero-order chi connectivity index (χ0) is 11.5. The van der Waals surface area contributed by atoms with Crippen molar-refractivity contribution in [3.63, 3.8) is 0 Å². The first-order valence-electron chi connectivity index (χ1n) is 6.08. The van der Waals surface area contributed by atoms with Crippen LogP contribution in [0.2, 0.25) is 0 Å². The van der Waals surface area contributed by atoms with Crippen molar-refractivity contribution in [1.82, 2.24) is 5.32 Å². The highest BCUT2D eigenvalue weighted by Gasteiger charge is 2.18. The van der Waals surface area contributed by atoms with Crippen LogP contribution in [0.4, 0.5) is 0 Å². The number of aryl methyl sites for hydroxylation is 2. The highest BCUT2D eigenvalue weighted by molar-refractivity contribution is 7.98. The van der Waals surface area contributed by atoms with Gasteiger partial charge in [0.2, 0.25) is 0 Å². The number of piperidine rings is 1. The third-order valence-electron chi connectivity index (χ3n) is 3.63. The van der Waals surface area contributed by atoms with Gasteiger partial charge >= 0.3 is 0 Å². The Morgan fingerprint density at radius 3 is 2.38 bits per heavy atom. The fourth-order valence-electron chi connectivity index (χ4n) is 2.44. The molecule has 0 saturated carbocycles. The third-order valence-corrected chi connectivity index (χ3v) is 4.42. The van der Waals surface area contributed by atoms with Crippen molar-refractivity contribution in [2.45, 2.75) is 37.5 Å². The maximum absolute atomic E-state index is 3.44. The fourth-order valence-corrected chi connectivity index (χ4v) is 3.20. The molecule has 0 radical (unpaired) electrons. The lowest BCUT2D eigenvalue weighted by Gasteiger charge is -2.25. The zero-order valence-electron chi connectivity index (χ0n) is 10.5. The second kappa shape index (κ2) is 5.24. The quantitative estimate of drug-likeness (QED) is 0.788. The molecule has 2 heteroatoms. The van der Waals surface area contributed by atoms with Crippen LogP contribution in [0.15, 0.2) is 17.0 Å². The lowest BCUT2D eigenvalue weighted by Crippen LogP contribution is -2.26. The minimum absolute atomic E-state index is 0.767.